The Morgan fingerprint density at radius 1 is 0.750 bits per heavy atom. The summed E-state index contributed by atoms with van der Waals surface area (Å²) in [5.74, 6) is 1.92. The molecule has 0 saturated heterocycles. The topological polar surface area (TPSA) is 44.8 Å². The second kappa shape index (κ2) is 4.56. The van der Waals surface area contributed by atoms with Gasteiger partial charge in [-0.1, -0.05) is 0 Å². The van der Waals surface area contributed by atoms with Crippen LogP contribution in [-0.4, -0.2) is 27.1 Å². The highest BCUT2D eigenvalue weighted by Gasteiger charge is 2.30. The fraction of sp³-hybridized carbons (Fsp3) is 0.188. The molecular formula is C16H14O4. The normalized spacial score (nSPS) is 11.8. The predicted molar refractivity (Wildman–Crippen MR) is 75.0 cm³/mol. The van der Waals surface area contributed by atoms with Crippen LogP contribution in [0.25, 0.3) is 11.1 Å². The van der Waals surface area contributed by atoms with Crippen molar-refractivity contribution in [3.63, 3.8) is 0 Å². The van der Waals surface area contributed by atoms with Gasteiger partial charge in [-0.15, -0.1) is 0 Å². The maximum absolute atomic E-state index is 12.5. The Kier molecular flexibility index (Phi) is 2.86. The van der Waals surface area contributed by atoms with E-state index >= 15 is 0 Å². The van der Waals surface area contributed by atoms with Crippen molar-refractivity contribution in [1.29, 1.82) is 0 Å². The first-order valence-corrected chi connectivity index (χ1v) is 6.18. The Balaban J connectivity index is 2.31. The molecule has 0 saturated carbocycles. The molecule has 0 fully saturated rings. The Labute approximate surface area is 116 Å². The number of hydrogen-bond acceptors (Lipinski definition) is 4. The first-order valence-electron chi connectivity index (χ1n) is 6.18. The van der Waals surface area contributed by atoms with Crippen molar-refractivity contribution in [1.82, 2.24) is 0 Å². The van der Waals surface area contributed by atoms with Crippen molar-refractivity contribution >= 4 is 5.78 Å². The van der Waals surface area contributed by atoms with E-state index in [4.69, 9.17) is 14.2 Å². The summed E-state index contributed by atoms with van der Waals surface area (Å²) in [5, 5.41) is 0. The lowest BCUT2D eigenvalue weighted by molar-refractivity contribution is 0.104. The molecule has 3 rings (SSSR count). The Morgan fingerprint density at radius 3 is 2.10 bits per heavy atom. The fourth-order valence-corrected chi connectivity index (χ4v) is 2.53. The highest BCUT2D eigenvalue weighted by atomic mass is 16.5. The molecular weight excluding hydrogens is 256 g/mol. The summed E-state index contributed by atoms with van der Waals surface area (Å²) in [5.41, 5.74) is 2.90. The van der Waals surface area contributed by atoms with Gasteiger partial charge < -0.3 is 14.2 Å². The molecule has 2 aromatic rings. The minimum absolute atomic E-state index is 0.0187. The van der Waals surface area contributed by atoms with Crippen LogP contribution in [0.15, 0.2) is 30.3 Å². The third kappa shape index (κ3) is 1.65. The fourth-order valence-electron chi connectivity index (χ4n) is 2.53. The SMILES string of the molecule is COc1cc(OC)c2c(c1)C(=O)c1ccc(OC)cc1-2. The summed E-state index contributed by atoms with van der Waals surface area (Å²) in [6, 6.07) is 8.94. The molecule has 0 amide bonds. The van der Waals surface area contributed by atoms with Gasteiger partial charge in [0.1, 0.15) is 17.2 Å². The average Bonchev–Trinajstić information content (AvgIpc) is 2.79. The number of carbonyl (C=O) groups is 1. The standard InChI is InChI=1S/C16H14O4/c1-18-9-4-5-11-12(6-9)15-13(16(11)17)7-10(19-2)8-14(15)20-3/h4-8H,1-3H3. The van der Waals surface area contributed by atoms with Gasteiger partial charge in [-0.25, -0.2) is 0 Å². The molecule has 1 aliphatic carbocycles. The van der Waals surface area contributed by atoms with Crippen LogP contribution in [-0.2, 0) is 0 Å². The molecule has 0 radical (unpaired) electrons. The van der Waals surface area contributed by atoms with Gasteiger partial charge in [0, 0.05) is 28.3 Å². The number of benzene rings is 2. The number of ether oxygens (including phenoxy) is 3. The molecule has 20 heavy (non-hydrogen) atoms. The van der Waals surface area contributed by atoms with Crippen molar-refractivity contribution in [3.8, 4) is 28.4 Å². The van der Waals surface area contributed by atoms with E-state index in [0.29, 0.717) is 28.4 Å². The number of rotatable bonds is 3. The van der Waals surface area contributed by atoms with E-state index in [9.17, 15) is 4.79 Å². The van der Waals surface area contributed by atoms with Crippen LogP contribution in [0.2, 0.25) is 0 Å². The number of methoxy groups -OCH3 is 3. The van der Waals surface area contributed by atoms with E-state index in [2.05, 4.69) is 0 Å². The van der Waals surface area contributed by atoms with Crippen molar-refractivity contribution in [2.24, 2.45) is 0 Å². The highest BCUT2D eigenvalue weighted by Crippen LogP contribution is 2.45. The zero-order valence-electron chi connectivity index (χ0n) is 11.5. The number of hydrogen-bond donors (Lipinski definition) is 0. The largest absolute Gasteiger partial charge is 0.497 e. The lowest BCUT2D eigenvalue weighted by atomic mass is 10.0. The van der Waals surface area contributed by atoms with Gasteiger partial charge in [0.2, 0.25) is 0 Å². The minimum Gasteiger partial charge on any atom is -0.497 e. The molecule has 0 unspecified atom stereocenters. The predicted octanol–water partition coefficient (Wildman–Crippen LogP) is 2.92. The molecule has 0 aromatic heterocycles. The van der Waals surface area contributed by atoms with Crippen molar-refractivity contribution in [2.45, 2.75) is 0 Å². The number of fused-ring (bicyclic) bond motifs is 3. The molecule has 4 heteroatoms. The summed E-state index contributed by atoms with van der Waals surface area (Å²) in [6.07, 6.45) is 0. The van der Waals surface area contributed by atoms with Gasteiger partial charge >= 0.3 is 0 Å². The van der Waals surface area contributed by atoms with Crippen LogP contribution in [0, 0.1) is 0 Å². The minimum atomic E-state index is -0.0187. The lowest BCUT2D eigenvalue weighted by Crippen LogP contribution is -1.97. The summed E-state index contributed by atoms with van der Waals surface area (Å²) in [4.78, 5) is 12.5. The van der Waals surface area contributed by atoms with E-state index in [0.717, 1.165) is 11.1 Å². The third-order valence-corrected chi connectivity index (χ3v) is 3.52. The van der Waals surface area contributed by atoms with E-state index in [1.807, 2.05) is 6.07 Å². The van der Waals surface area contributed by atoms with Crippen molar-refractivity contribution in [3.05, 3.63) is 41.5 Å². The van der Waals surface area contributed by atoms with E-state index in [1.54, 1.807) is 45.6 Å². The molecule has 1 aliphatic rings. The van der Waals surface area contributed by atoms with Gasteiger partial charge in [-0.2, -0.15) is 0 Å². The first kappa shape index (κ1) is 12.5. The van der Waals surface area contributed by atoms with Crippen LogP contribution in [0.4, 0.5) is 0 Å². The van der Waals surface area contributed by atoms with Crippen molar-refractivity contribution in [2.75, 3.05) is 21.3 Å². The van der Waals surface area contributed by atoms with Gasteiger partial charge in [0.05, 0.1) is 21.3 Å². The quantitative estimate of drug-likeness (QED) is 0.734. The maximum atomic E-state index is 12.5. The zero-order valence-corrected chi connectivity index (χ0v) is 11.5. The van der Waals surface area contributed by atoms with E-state index < -0.39 is 0 Å². The van der Waals surface area contributed by atoms with Crippen LogP contribution in [0.5, 0.6) is 17.2 Å². The smallest absolute Gasteiger partial charge is 0.194 e. The van der Waals surface area contributed by atoms with E-state index in [-0.39, 0.29) is 5.78 Å². The Bertz CT molecular complexity index is 704. The van der Waals surface area contributed by atoms with Gasteiger partial charge in [-0.05, 0) is 24.3 Å². The van der Waals surface area contributed by atoms with Crippen LogP contribution in [0.1, 0.15) is 15.9 Å². The van der Waals surface area contributed by atoms with E-state index in [1.165, 1.54) is 0 Å². The average molecular weight is 270 g/mol. The molecule has 0 aliphatic heterocycles. The molecule has 102 valence electrons. The molecule has 0 N–H and O–H groups in total. The summed E-state index contributed by atoms with van der Waals surface area (Å²) >= 11 is 0. The summed E-state index contributed by atoms with van der Waals surface area (Å²) in [7, 11) is 4.75. The first-order chi connectivity index (χ1) is 9.69. The number of ketones is 1. The Morgan fingerprint density at radius 2 is 1.45 bits per heavy atom. The van der Waals surface area contributed by atoms with Crippen molar-refractivity contribution < 1.29 is 19.0 Å². The molecule has 0 atom stereocenters. The van der Waals surface area contributed by atoms with Crippen LogP contribution < -0.4 is 14.2 Å². The highest BCUT2D eigenvalue weighted by molar-refractivity contribution is 6.23. The molecule has 0 heterocycles. The van der Waals surface area contributed by atoms with Gasteiger partial charge in [0.15, 0.2) is 5.78 Å². The van der Waals surface area contributed by atoms with Crippen LogP contribution >= 0.6 is 0 Å². The lowest BCUT2D eigenvalue weighted by Gasteiger charge is -2.10. The molecule has 4 nitrogen and oxygen atoms in total. The third-order valence-electron chi connectivity index (χ3n) is 3.52. The monoisotopic (exact) mass is 270 g/mol. The maximum Gasteiger partial charge on any atom is 0.194 e. The Hall–Kier alpha value is -2.49. The van der Waals surface area contributed by atoms with Gasteiger partial charge in [0.25, 0.3) is 0 Å². The number of carbonyl (C=O) groups excluding carboxylic acids is 1. The molecule has 0 spiro atoms. The van der Waals surface area contributed by atoms with Gasteiger partial charge in [-0.3, -0.25) is 4.79 Å². The zero-order chi connectivity index (χ0) is 14.3. The molecule has 2 aromatic carbocycles. The van der Waals surface area contributed by atoms with Crippen LogP contribution in [0.3, 0.4) is 0 Å². The second-order valence-electron chi connectivity index (χ2n) is 4.49. The second-order valence-corrected chi connectivity index (χ2v) is 4.49. The summed E-state index contributed by atoms with van der Waals surface area (Å²) < 4.78 is 15.9. The summed E-state index contributed by atoms with van der Waals surface area (Å²) in [6.45, 7) is 0. The molecule has 0 bridgehead atoms.